The van der Waals surface area contributed by atoms with Crippen LogP contribution in [-0.4, -0.2) is 50.2 Å². The van der Waals surface area contributed by atoms with Gasteiger partial charge in [0.25, 0.3) is 0 Å². The molecule has 0 saturated heterocycles. The summed E-state index contributed by atoms with van der Waals surface area (Å²) in [6, 6.07) is 6.58. The number of ether oxygens (including phenoxy) is 1. The molecule has 1 aromatic rings. The number of hydrogen-bond donors (Lipinski definition) is 4. The van der Waals surface area contributed by atoms with Crippen molar-refractivity contribution in [3.05, 3.63) is 35.9 Å². The molecular formula is C39H56O7. The van der Waals surface area contributed by atoms with Gasteiger partial charge in [0.05, 0.1) is 17.1 Å². The van der Waals surface area contributed by atoms with Crippen molar-refractivity contribution in [2.24, 2.45) is 56.7 Å². The van der Waals surface area contributed by atoms with Gasteiger partial charge in [-0.1, -0.05) is 53.7 Å². The van der Waals surface area contributed by atoms with Crippen LogP contribution in [0.3, 0.4) is 0 Å². The van der Waals surface area contributed by atoms with E-state index < -0.39 is 40.6 Å². The molecule has 0 radical (unpaired) electrons. The smallest absolute Gasteiger partial charge is 0.331 e. The van der Waals surface area contributed by atoms with Gasteiger partial charge in [0.15, 0.2) is 0 Å². The summed E-state index contributed by atoms with van der Waals surface area (Å²) in [4.78, 5) is 26.1. The SMILES string of the molecule is C[C@@H]1CC[C@]2(C(=O)O)CC[C@]3(C)[C@H](CC[C@@H]4[C@@]5(C)C[C@@H](O)[C@H](OC(=O)C=Cc6ccc(O)cc6)C(C)(C)[C@@H]5CC[C@]43C)[C@@H]2[C@]1(C)O. The number of phenolic OH excluding ortho intramolecular Hbond substituents is 1. The van der Waals surface area contributed by atoms with Gasteiger partial charge in [-0.25, -0.2) is 4.79 Å². The number of aromatic hydroxyl groups is 1. The summed E-state index contributed by atoms with van der Waals surface area (Å²) in [5, 5.41) is 44.1. The highest BCUT2D eigenvalue weighted by Crippen LogP contribution is 2.77. The topological polar surface area (TPSA) is 124 Å². The van der Waals surface area contributed by atoms with Crippen molar-refractivity contribution in [2.75, 3.05) is 0 Å². The Morgan fingerprint density at radius 2 is 1.54 bits per heavy atom. The maximum absolute atomic E-state index is 13.0. The van der Waals surface area contributed by atoms with Gasteiger partial charge in [-0.3, -0.25) is 4.79 Å². The fraction of sp³-hybridized carbons (Fsp3) is 0.744. The second-order valence-electron chi connectivity index (χ2n) is 17.6. The molecule has 0 bridgehead atoms. The van der Waals surface area contributed by atoms with Gasteiger partial charge < -0.3 is 25.2 Å². The van der Waals surface area contributed by atoms with E-state index in [2.05, 4.69) is 41.5 Å². The van der Waals surface area contributed by atoms with Crippen molar-refractivity contribution >= 4 is 18.0 Å². The van der Waals surface area contributed by atoms with Crippen LogP contribution in [0.15, 0.2) is 30.3 Å². The highest BCUT2D eigenvalue weighted by molar-refractivity contribution is 5.87. The Morgan fingerprint density at radius 3 is 2.20 bits per heavy atom. The van der Waals surface area contributed by atoms with Crippen LogP contribution in [0.1, 0.15) is 112 Å². The van der Waals surface area contributed by atoms with E-state index in [0.717, 1.165) is 44.1 Å². The molecule has 0 spiro atoms. The first kappa shape index (κ1) is 33.5. The molecule has 5 saturated carbocycles. The lowest BCUT2D eigenvalue weighted by Crippen LogP contribution is -2.71. The second-order valence-corrected chi connectivity index (χ2v) is 17.6. The van der Waals surface area contributed by atoms with Crippen molar-refractivity contribution in [1.29, 1.82) is 0 Å². The quantitative estimate of drug-likeness (QED) is 0.203. The highest BCUT2D eigenvalue weighted by Gasteiger charge is 2.74. The van der Waals surface area contributed by atoms with Gasteiger partial charge in [-0.15, -0.1) is 0 Å². The number of phenols is 1. The van der Waals surface area contributed by atoms with Crippen LogP contribution in [0.4, 0.5) is 0 Å². The lowest BCUT2D eigenvalue weighted by atomic mass is 9.30. The number of aliphatic hydroxyl groups is 2. The standard InChI is InChI=1S/C39H56O7/c1-23-16-19-39(33(43)44)21-20-36(5)26(31(39)38(23,7)45)13-14-29-35(4)22-27(41)32(34(2,3)28(35)17-18-37(29,36)6)46-30(42)15-10-24-8-11-25(40)12-9-24/h8-12,15,23,26-29,31-32,40-41,45H,13-14,16-22H2,1-7H3,(H,43,44)/t23-,26-,27-,28+,29-,31-,32+,35+,36-,37-,38-,39+/m1/s1. The van der Waals surface area contributed by atoms with Crippen molar-refractivity contribution in [2.45, 2.75) is 124 Å². The van der Waals surface area contributed by atoms with Gasteiger partial charge in [0.2, 0.25) is 0 Å². The average molecular weight is 637 g/mol. The minimum atomic E-state index is -1.04. The van der Waals surface area contributed by atoms with Crippen molar-refractivity contribution < 1.29 is 34.8 Å². The molecule has 1 aromatic carbocycles. The van der Waals surface area contributed by atoms with Crippen LogP contribution >= 0.6 is 0 Å². The Labute approximate surface area is 274 Å². The van der Waals surface area contributed by atoms with Crippen molar-refractivity contribution in [3.63, 3.8) is 0 Å². The molecular weight excluding hydrogens is 580 g/mol. The van der Waals surface area contributed by atoms with E-state index in [-0.39, 0.29) is 45.7 Å². The molecule has 5 aliphatic carbocycles. The molecule has 46 heavy (non-hydrogen) atoms. The van der Waals surface area contributed by atoms with Gasteiger partial charge in [0, 0.05) is 17.4 Å². The van der Waals surface area contributed by atoms with Crippen LogP contribution in [0, 0.1) is 56.7 Å². The van der Waals surface area contributed by atoms with Crippen molar-refractivity contribution in [3.8, 4) is 5.75 Å². The Balaban J connectivity index is 1.28. The number of carbonyl (C=O) groups excluding carboxylic acids is 1. The number of carbonyl (C=O) groups is 2. The van der Waals surface area contributed by atoms with Crippen LogP contribution in [0.5, 0.6) is 5.75 Å². The molecule has 254 valence electrons. The molecule has 4 N–H and O–H groups in total. The van der Waals surface area contributed by atoms with E-state index in [1.807, 2.05) is 6.92 Å². The summed E-state index contributed by atoms with van der Waals surface area (Å²) < 4.78 is 6.04. The average Bonchev–Trinajstić information content (AvgIpc) is 2.97. The number of benzene rings is 1. The summed E-state index contributed by atoms with van der Waals surface area (Å²) in [6.07, 6.45) is 8.78. The maximum atomic E-state index is 13.0. The molecule has 0 aliphatic heterocycles. The number of fused-ring (bicyclic) bond motifs is 7. The summed E-state index contributed by atoms with van der Waals surface area (Å²) in [6.45, 7) is 15.5. The number of carboxylic acids is 1. The Morgan fingerprint density at radius 1 is 0.870 bits per heavy atom. The van der Waals surface area contributed by atoms with Crippen LogP contribution in [0.2, 0.25) is 0 Å². The summed E-state index contributed by atoms with van der Waals surface area (Å²) >= 11 is 0. The third-order valence-corrected chi connectivity index (χ3v) is 15.5. The largest absolute Gasteiger partial charge is 0.508 e. The van der Waals surface area contributed by atoms with Crippen LogP contribution < -0.4 is 0 Å². The predicted molar refractivity (Wildman–Crippen MR) is 176 cm³/mol. The molecule has 5 aliphatic rings. The number of aliphatic carboxylic acids is 1. The molecule has 0 heterocycles. The van der Waals surface area contributed by atoms with Gasteiger partial charge >= 0.3 is 11.9 Å². The monoisotopic (exact) mass is 636 g/mol. The zero-order valence-corrected chi connectivity index (χ0v) is 28.9. The molecule has 0 aromatic heterocycles. The predicted octanol–water partition coefficient (Wildman–Crippen LogP) is 7.23. The molecule has 6 rings (SSSR count). The molecule has 7 nitrogen and oxygen atoms in total. The zero-order chi connectivity index (χ0) is 33.7. The first-order chi connectivity index (χ1) is 21.3. The summed E-state index contributed by atoms with van der Waals surface area (Å²) in [5.41, 5.74) is -1.99. The van der Waals surface area contributed by atoms with E-state index in [1.54, 1.807) is 30.3 Å². The summed E-state index contributed by atoms with van der Waals surface area (Å²) in [5.74, 6) is -0.611. The molecule has 7 heteroatoms. The minimum Gasteiger partial charge on any atom is -0.508 e. The van der Waals surface area contributed by atoms with Gasteiger partial charge in [0.1, 0.15) is 11.9 Å². The van der Waals surface area contributed by atoms with Crippen LogP contribution in [0.25, 0.3) is 6.08 Å². The van der Waals surface area contributed by atoms with Crippen molar-refractivity contribution in [1.82, 2.24) is 0 Å². The highest BCUT2D eigenvalue weighted by atomic mass is 16.6. The maximum Gasteiger partial charge on any atom is 0.331 e. The number of aliphatic hydroxyl groups excluding tert-OH is 1. The number of hydrogen-bond acceptors (Lipinski definition) is 6. The molecule has 12 atom stereocenters. The molecule has 0 unspecified atom stereocenters. The number of esters is 1. The lowest BCUT2D eigenvalue weighted by Gasteiger charge is -2.74. The Bertz CT molecular complexity index is 1400. The Hall–Kier alpha value is -2.38. The fourth-order valence-electron chi connectivity index (χ4n) is 12.9. The van der Waals surface area contributed by atoms with E-state index >= 15 is 0 Å². The zero-order valence-electron chi connectivity index (χ0n) is 28.9. The van der Waals surface area contributed by atoms with E-state index in [4.69, 9.17) is 4.74 Å². The first-order valence-corrected chi connectivity index (χ1v) is 17.7. The number of rotatable bonds is 4. The third kappa shape index (κ3) is 4.57. The van der Waals surface area contributed by atoms with Crippen LogP contribution in [-0.2, 0) is 14.3 Å². The first-order valence-electron chi connectivity index (χ1n) is 17.7. The van der Waals surface area contributed by atoms with E-state index in [1.165, 1.54) is 6.08 Å². The van der Waals surface area contributed by atoms with Gasteiger partial charge in [-0.2, -0.15) is 0 Å². The lowest BCUT2D eigenvalue weighted by molar-refractivity contribution is -0.285. The molecule has 5 fully saturated rings. The Kier molecular flexibility index (Phi) is 7.88. The van der Waals surface area contributed by atoms with E-state index in [0.29, 0.717) is 25.2 Å². The second kappa shape index (κ2) is 10.8. The fourth-order valence-corrected chi connectivity index (χ4v) is 12.9. The normalized spacial score (nSPS) is 48.0. The van der Waals surface area contributed by atoms with E-state index in [9.17, 15) is 30.0 Å². The minimum absolute atomic E-state index is 0.0518. The number of carboxylic acid groups (broad SMARTS) is 1. The van der Waals surface area contributed by atoms with Gasteiger partial charge in [-0.05, 0) is 128 Å². The molecule has 0 amide bonds. The summed E-state index contributed by atoms with van der Waals surface area (Å²) in [7, 11) is 0. The third-order valence-electron chi connectivity index (χ3n) is 15.5.